The summed E-state index contributed by atoms with van der Waals surface area (Å²) in [5.41, 5.74) is 1.50. The second kappa shape index (κ2) is 6.77. The van der Waals surface area contributed by atoms with Crippen molar-refractivity contribution in [1.29, 1.82) is 0 Å². The SMILES string of the molecule is CC1CCCN(C(=O)c2cncc(Nc3ccccc3F)c2)C1. The Kier molecular flexibility index (Phi) is 4.55. The number of para-hydroxylation sites is 1. The third-order valence-corrected chi connectivity index (χ3v) is 4.08. The highest BCUT2D eigenvalue weighted by Gasteiger charge is 2.22. The number of anilines is 2. The van der Waals surface area contributed by atoms with Crippen LogP contribution in [0.5, 0.6) is 0 Å². The molecule has 0 saturated carbocycles. The van der Waals surface area contributed by atoms with Crippen molar-refractivity contribution in [3.8, 4) is 0 Å². The normalized spacial score (nSPS) is 17.8. The molecular formula is C18H20FN3O. The number of hydrogen-bond acceptors (Lipinski definition) is 3. The van der Waals surface area contributed by atoms with Crippen LogP contribution in [0.3, 0.4) is 0 Å². The van der Waals surface area contributed by atoms with E-state index in [2.05, 4.69) is 17.2 Å². The predicted octanol–water partition coefficient (Wildman–Crippen LogP) is 3.84. The Balaban J connectivity index is 1.77. The number of halogens is 1. The molecule has 1 amide bonds. The molecule has 0 aliphatic carbocycles. The van der Waals surface area contributed by atoms with E-state index in [0.717, 1.165) is 25.9 Å². The van der Waals surface area contributed by atoms with E-state index in [-0.39, 0.29) is 11.7 Å². The summed E-state index contributed by atoms with van der Waals surface area (Å²) in [6, 6.07) is 8.15. The number of aromatic nitrogens is 1. The molecule has 1 saturated heterocycles. The number of carbonyl (C=O) groups is 1. The molecule has 2 aromatic rings. The lowest BCUT2D eigenvalue weighted by molar-refractivity contribution is 0.0682. The number of pyridine rings is 1. The predicted molar refractivity (Wildman–Crippen MR) is 88.2 cm³/mol. The van der Waals surface area contributed by atoms with Crippen molar-refractivity contribution >= 4 is 17.3 Å². The molecule has 3 rings (SSSR count). The minimum Gasteiger partial charge on any atom is -0.352 e. The van der Waals surface area contributed by atoms with Crippen LogP contribution < -0.4 is 5.32 Å². The number of likely N-dealkylation sites (tertiary alicyclic amines) is 1. The quantitative estimate of drug-likeness (QED) is 0.936. The third kappa shape index (κ3) is 3.67. The van der Waals surface area contributed by atoms with Crippen LogP contribution in [0.15, 0.2) is 42.7 Å². The largest absolute Gasteiger partial charge is 0.352 e. The summed E-state index contributed by atoms with van der Waals surface area (Å²) in [5, 5.41) is 2.97. The number of nitrogens with zero attached hydrogens (tertiary/aromatic N) is 2. The topological polar surface area (TPSA) is 45.2 Å². The van der Waals surface area contributed by atoms with E-state index in [1.165, 1.54) is 6.07 Å². The summed E-state index contributed by atoms with van der Waals surface area (Å²) in [7, 11) is 0. The average molecular weight is 313 g/mol. The number of carbonyl (C=O) groups excluding carboxylic acids is 1. The lowest BCUT2D eigenvalue weighted by Crippen LogP contribution is -2.39. The highest BCUT2D eigenvalue weighted by molar-refractivity contribution is 5.95. The van der Waals surface area contributed by atoms with Gasteiger partial charge in [0, 0.05) is 19.3 Å². The molecule has 1 aliphatic rings. The van der Waals surface area contributed by atoms with Gasteiger partial charge < -0.3 is 10.2 Å². The fourth-order valence-corrected chi connectivity index (χ4v) is 2.90. The van der Waals surface area contributed by atoms with Gasteiger partial charge in [-0.05, 0) is 37.0 Å². The van der Waals surface area contributed by atoms with Crippen LogP contribution in [0.1, 0.15) is 30.1 Å². The second-order valence-corrected chi connectivity index (χ2v) is 6.07. The van der Waals surface area contributed by atoms with E-state index < -0.39 is 0 Å². The zero-order chi connectivity index (χ0) is 16.2. The molecule has 120 valence electrons. The molecule has 0 radical (unpaired) electrons. The molecule has 1 aliphatic heterocycles. The van der Waals surface area contributed by atoms with Gasteiger partial charge in [0.25, 0.3) is 5.91 Å². The Morgan fingerprint density at radius 2 is 2.17 bits per heavy atom. The van der Waals surface area contributed by atoms with Crippen molar-refractivity contribution in [3.63, 3.8) is 0 Å². The van der Waals surface area contributed by atoms with Crippen molar-refractivity contribution in [2.24, 2.45) is 5.92 Å². The summed E-state index contributed by atoms with van der Waals surface area (Å²) in [6.45, 7) is 3.73. The maximum absolute atomic E-state index is 13.7. The van der Waals surface area contributed by atoms with Gasteiger partial charge in [-0.15, -0.1) is 0 Å². The number of hydrogen-bond donors (Lipinski definition) is 1. The fraction of sp³-hybridized carbons (Fsp3) is 0.333. The standard InChI is InChI=1S/C18H20FN3O/c1-13-5-4-8-22(12-13)18(23)14-9-15(11-20-10-14)21-17-7-3-2-6-16(17)19/h2-3,6-7,9-11,13,21H,4-5,8,12H2,1H3. The average Bonchev–Trinajstić information content (AvgIpc) is 2.56. The van der Waals surface area contributed by atoms with Gasteiger partial charge in [0.2, 0.25) is 0 Å². The molecule has 5 heteroatoms. The second-order valence-electron chi connectivity index (χ2n) is 6.07. The number of rotatable bonds is 3. The fourth-order valence-electron chi connectivity index (χ4n) is 2.90. The molecule has 2 heterocycles. The third-order valence-electron chi connectivity index (χ3n) is 4.08. The van der Waals surface area contributed by atoms with Crippen LogP contribution in [-0.4, -0.2) is 28.9 Å². The smallest absolute Gasteiger partial charge is 0.255 e. The summed E-state index contributed by atoms with van der Waals surface area (Å²) in [4.78, 5) is 18.6. The summed E-state index contributed by atoms with van der Waals surface area (Å²) >= 11 is 0. The minimum atomic E-state index is -0.339. The van der Waals surface area contributed by atoms with E-state index in [1.807, 2.05) is 4.90 Å². The van der Waals surface area contributed by atoms with E-state index in [1.54, 1.807) is 36.7 Å². The molecule has 1 aromatic heterocycles. The van der Waals surface area contributed by atoms with Gasteiger partial charge in [0.1, 0.15) is 5.82 Å². The number of nitrogens with one attached hydrogen (secondary N) is 1. The Bertz CT molecular complexity index is 704. The van der Waals surface area contributed by atoms with Gasteiger partial charge in [-0.1, -0.05) is 19.1 Å². The number of piperidine rings is 1. The van der Waals surface area contributed by atoms with Crippen LogP contribution in [-0.2, 0) is 0 Å². The monoisotopic (exact) mass is 313 g/mol. The first-order valence-corrected chi connectivity index (χ1v) is 7.89. The van der Waals surface area contributed by atoms with E-state index in [4.69, 9.17) is 0 Å². The highest BCUT2D eigenvalue weighted by atomic mass is 19.1. The summed E-state index contributed by atoms with van der Waals surface area (Å²) < 4.78 is 13.7. The van der Waals surface area contributed by atoms with Crippen molar-refractivity contribution in [1.82, 2.24) is 9.88 Å². The zero-order valence-electron chi connectivity index (χ0n) is 13.1. The molecule has 1 atom stereocenters. The highest BCUT2D eigenvalue weighted by Crippen LogP contribution is 2.22. The molecule has 0 bridgehead atoms. The van der Waals surface area contributed by atoms with Crippen molar-refractivity contribution in [2.45, 2.75) is 19.8 Å². The zero-order valence-corrected chi connectivity index (χ0v) is 13.1. The van der Waals surface area contributed by atoms with Gasteiger partial charge >= 0.3 is 0 Å². The van der Waals surface area contributed by atoms with Gasteiger partial charge in [-0.3, -0.25) is 9.78 Å². The van der Waals surface area contributed by atoms with Gasteiger partial charge in [0.15, 0.2) is 0 Å². The van der Waals surface area contributed by atoms with Crippen molar-refractivity contribution < 1.29 is 9.18 Å². The Labute approximate surface area is 135 Å². The maximum Gasteiger partial charge on any atom is 0.255 e. The molecule has 1 unspecified atom stereocenters. The van der Waals surface area contributed by atoms with Crippen LogP contribution in [0.25, 0.3) is 0 Å². The Morgan fingerprint density at radius 1 is 1.35 bits per heavy atom. The first-order valence-electron chi connectivity index (χ1n) is 7.89. The molecule has 1 aromatic carbocycles. The first-order chi connectivity index (χ1) is 11.1. The molecule has 1 N–H and O–H groups in total. The molecule has 0 spiro atoms. The Morgan fingerprint density at radius 3 is 2.96 bits per heavy atom. The van der Waals surface area contributed by atoms with E-state index in [9.17, 15) is 9.18 Å². The van der Waals surface area contributed by atoms with Crippen LogP contribution in [0.4, 0.5) is 15.8 Å². The molecular weight excluding hydrogens is 293 g/mol. The number of amides is 1. The summed E-state index contributed by atoms with van der Waals surface area (Å²) in [5.74, 6) is 0.177. The molecule has 1 fully saturated rings. The lowest BCUT2D eigenvalue weighted by Gasteiger charge is -2.31. The van der Waals surface area contributed by atoms with Crippen molar-refractivity contribution in [3.05, 3.63) is 54.1 Å². The number of benzene rings is 1. The lowest BCUT2D eigenvalue weighted by atomic mass is 10.00. The van der Waals surface area contributed by atoms with E-state index in [0.29, 0.717) is 22.9 Å². The van der Waals surface area contributed by atoms with Gasteiger partial charge in [-0.2, -0.15) is 0 Å². The van der Waals surface area contributed by atoms with Crippen LogP contribution >= 0.6 is 0 Å². The summed E-state index contributed by atoms with van der Waals surface area (Å²) in [6.07, 6.45) is 5.35. The van der Waals surface area contributed by atoms with Crippen molar-refractivity contribution in [2.75, 3.05) is 18.4 Å². The van der Waals surface area contributed by atoms with Crippen LogP contribution in [0.2, 0.25) is 0 Å². The van der Waals surface area contributed by atoms with Crippen LogP contribution in [0, 0.1) is 11.7 Å². The van der Waals surface area contributed by atoms with E-state index >= 15 is 0 Å². The maximum atomic E-state index is 13.7. The molecule has 4 nitrogen and oxygen atoms in total. The van der Waals surface area contributed by atoms with Gasteiger partial charge in [0.05, 0.1) is 23.1 Å². The minimum absolute atomic E-state index is 0.0127. The Hall–Kier alpha value is -2.43. The molecule has 23 heavy (non-hydrogen) atoms. The van der Waals surface area contributed by atoms with Gasteiger partial charge in [-0.25, -0.2) is 4.39 Å². The first kappa shape index (κ1) is 15.5.